The molecular formula is C19H21ClIN5. The summed E-state index contributed by atoms with van der Waals surface area (Å²) in [5.41, 5.74) is 3.29. The van der Waals surface area contributed by atoms with Gasteiger partial charge in [0.1, 0.15) is 5.15 Å². The zero-order valence-electron chi connectivity index (χ0n) is 14.4. The van der Waals surface area contributed by atoms with Crippen molar-refractivity contribution < 1.29 is 0 Å². The first kappa shape index (κ1) is 20.4. The quantitative estimate of drug-likeness (QED) is 0.252. The summed E-state index contributed by atoms with van der Waals surface area (Å²) in [5, 5.41) is 8.29. The van der Waals surface area contributed by atoms with E-state index in [0.717, 1.165) is 41.0 Å². The number of aromatic nitrogens is 2. The second-order valence-electron chi connectivity index (χ2n) is 5.58. The van der Waals surface area contributed by atoms with E-state index >= 15 is 0 Å². The Morgan fingerprint density at radius 2 is 1.92 bits per heavy atom. The lowest BCUT2D eigenvalue weighted by atomic mass is 10.1. The maximum absolute atomic E-state index is 5.80. The topological polar surface area (TPSA) is 62.2 Å². The van der Waals surface area contributed by atoms with E-state index in [4.69, 9.17) is 11.6 Å². The Morgan fingerprint density at radius 3 is 2.69 bits per heavy atom. The molecule has 0 spiro atoms. The first-order valence-electron chi connectivity index (χ1n) is 8.14. The van der Waals surface area contributed by atoms with Crippen LogP contribution in [0.1, 0.15) is 11.1 Å². The van der Waals surface area contributed by atoms with Gasteiger partial charge >= 0.3 is 0 Å². The number of benzene rings is 1. The van der Waals surface area contributed by atoms with Crippen molar-refractivity contribution in [1.82, 2.24) is 20.6 Å². The van der Waals surface area contributed by atoms with Gasteiger partial charge in [-0.05, 0) is 29.7 Å². The fourth-order valence-corrected chi connectivity index (χ4v) is 2.70. The summed E-state index contributed by atoms with van der Waals surface area (Å²) in [5.74, 6) is 0.759. The van der Waals surface area contributed by atoms with Crippen LogP contribution in [0.25, 0.3) is 10.9 Å². The van der Waals surface area contributed by atoms with Crippen molar-refractivity contribution in [2.45, 2.75) is 13.0 Å². The second-order valence-corrected chi connectivity index (χ2v) is 5.97. The van der Waals surface area contributed by atoms with Gasteiger partial charge in [-0.25, -0.2) is 4.98 Å². The predicted molar refractivity (Wildman–Crippen MR) is 118 cm³/mol. The third-order valence-electron chi connectivity index (χ3n) is 3.88. The van der Waals surface area contributed by atoms with Crippen molar-refractivity contribution in [2.75, 3.05) is 13.6 Å². The molecule has 0 aliphatic heterocycles. The largest absolute Gasteiger partial charge is 0.356 e. The first-order chi connectivity index (χ1) is 12.3. The Hall–Kier alpha value is -1.93. The lowest BCUT2D eigenvalue weighted by Gasteiger charge is -2.13. The molecule has 5 nitrogen and oxygen atoms in total. The third kappa shape index (κ3) is 5.54. The van der Waals surface area contributed by atoms with Crippen LogP contribution >= 0.6 is 35.6 Å². The molecule has 0 saturated carbocycles. The number of nitrogens with one attached hydrogen (secondary N) is 2. The van der Waals surface area contributed by atoms with Gasteiger partial charge in [0.2, 0.25) is 0 Å². The Bertz CT molecular complexity index is 862. The highest BCUT2D eigenvalue weighted by atomic mass is 127. The van der Waals surface area contributed by atoms with Gasteiger partial charge in [-0.15, -0.1) is 24.0 Å². The number of pyridine rings is 2. The minimum absolute atomic E-state index is 0. The highest BCUT2D eigenvalue weighted by molar-refractivity contribution is 14.0. The van der Waals surface area contributed by atoms with Crippen molar-refractivity contribution in [3.63, 3.8) is 0 Å². The fourth-order valence-electron chi connectivity index (χ4n) is 2.59. The van der Waals surface area contributed by atoms with Crippen LogP contribution in [0.2, 0.25) is 5.15 Å². The molecule has 0 aliphatic rings. The summed E-state index contributed by atoms with van der Waals surface area (Å²) in [6.45, 7) is 1.42. The van der Waals surface area contributed by atoms with Crippen LogP contribution < -0.4 is 10.6 Å². The highest BCUT2D eigenvalue weighted by Gasteiger charge is 2.03. The zero-order valence-corrected chi connectivity index (χ0v) is 17.5. The smallest absolute Gasteiger partial charge is 0.191 e. The molecule has 0 unspecified atom stereocenters. The van der Waals surface area contributed by atoms with Gasteiger partial charge < -0.3 is 10.6 Å². The predicted octanol–water partition coefficient (Wildman–Crippen LogP) is 3.81. The summed E-state index contributed by atoms with van der Waals surface area (Å²) in [4.78, 5) is 12.8. The monoisotopic (exact) mass is 481 g/mol. The van der Waals surface area contributed by atoms with E-state index in [1.54, 1.807) is 19.3 Å². The molecule has 2 aromatic heterocycles. The molecule has 7 heteroatoms. The van der Waals surface area contributed by atoms with E-state index in [-0.39, 0.29) is 24.0 Å². The Labute approximate surface area is 175 Å². The molecule has 1 aromatic carbocycles. The summed E-state index contributed by atoms with van der Waals surface area (Å²) < 4.78 is 0. The van der Waals surface area contributed by atoms with Gasteiger partial charge in [-0.3, -0.25) is 9.98 Å². The van der Waals surface area contributed by atoms with E-state index in [2.05, 4.69) is 43.8 Å². The number of halogens is 2. The van der Waals surface area contributed by atoms with Gasteiger partial charge in [0.15, 0.2) is 5.96 Å². The van der Waals surface area contributed by atoms with Crippen molar-refractivity contribution >= 4 is 52.4 Å². The van der Waals surface area contributed by atoms with E-state index in [1.165, 1.54) is 0 Å². The third-order valence-corrected chi connectivity index (χ3v) is 4.10. The average molecular weight is 482 g/mol. The highest BCUT2D eigenvalue weighted by Crippen LogP contribution is 2.15. The summed E-state index contributed by atoms with van der Waals surface area (Å²) in [7, 11) is 1.76. The number of rotatable bonds is 5. The van der Waals surface area contributed by atoms with Crippen LogP contribution in [0.4, 0.5) is 0 Å². The number of hydrogen-bond donors (Lipinski definition) is 2. The molecule has 0 saturated heterocycles. The number of hydrogen-bond acceptors (Lipinski definition) is 3. The maximum atomic E-state index is 5.80. The summed E-state index contributed by atoms with van der Waals surface area (Å²) in [6, 6.07) is 14.0. The second kappa shape index (κ2) is 10.3. The Morgan fingerprint density at radius 1 is 1.08 bits per heavy atom. The standard InChI is InChI=1S/C19H20ClN5.HI/c1-21-19(23-11-9-14-7-8-17(20)24-12-14)25-13-16-5-2-4-15-6-3-10-22-18(15)16;/h2-8,10,12H,9,11,13H2,1H3,(H2,21,23,25);1H. The van der Waals surface area contributed by atoms with Crippen LogP contribution in [0.5, 0.6) is 0 Å². The summed E-state index contributed by atoms with van der Waals surface area (Å²) >= 11 is 5.80. The fraction of sp³-hybridized carbons (Fsp3) is 0.211. The molecule has 0 bridgehead atoms. The minimum atomic E-state index is 0. The Balaban J connectivity index is 0.00000243. The van der Waals surface area contributed by atoms with Crippen molar-refractivity contribution in [2.24, 2.45) is 4.99 Å². The van der Waals surface area contributed by atoms with Crippen LogP contribution in [-0.4, -0.2) is 29.5 Å². The number of para-hydroxylation sites is 1. The number of aliphatic imine (C=N–C) groups is 1. The number of guanidine groups is 1. The molecule has 2 N–H and O–H groups in total. The minimum Gasteiger partial charge on any atom is -0.356 e. The maximum Gasteiger partial charge on any atom is 0.191 e. The lowest BCUT2D eigenvalue weighted by Crippen LogP contribution is -2.37. The molecule has 3 aromatic rings. The van der Waals surface area contributed by atoms with Crippen LogP contribution in [0.3, 0.4) is 0 Å². The number of nitrogens with zero attached hydrogens (tertiary/aromatic N) is 3. The molecule has 0 atom stereocenters. The average Bonchev–Trinajstić information content (AvgIpc) is 2.66. The molecule has 26 heavy (non-hydrogen) atoms. The molecule has 0 amide bonds. The lowest BCUT2D eigenvalue weighted by molar-refractivity contribution is 0.794. The van der Waals surface area contributed by atoms with E-state index in [1.807, 2.05) is 24.4 Å². The van der Waals surface area contributed by atoms with Gasteiger partial charge in [0.05, 0.1) is 5.52 Å². The van der Waals surface area contributed by atoms with E-state index in [9.17, 15) is 0 Å². The van der Waals surface area contributed by atoms with Crippen LogP contribution in [-0.2, 0) is 13.0 Å². The molecule has 0 aliphatic carbocycles. The molecule has 3 rings (SSSR count). The van der Waals surface area contributed by atoms with Crippen molar-refractivity contribution in [1.29, 1.82) is 0 Å². The molecular weight excluding hydrogens is 461 g/mol. The van der Waals surface area contributed by atoms with Gasteiger partial charge in [-0.2, -0.15) is 0 Å². The Kier molecular flexibility index (Phi) is 8.06. The van der Waals surface area contributed by atoms with Crippen LogP contribution in [0, 0.1) is 0 Å². The van der Waals surface area contributed by atoms with E-state index < -0.39 is 0 Å². The van der Waals surface area contributed by atoms with Gasteiger partial charge in [0.25, 0.3) is 0 Å². The number of fused-ring (bicyclic) bond motifs is 1. The first-order valence-corrected chi connectivity index (χ1v) is 8.51. The van der Waals surface area contributed by atoms with Crippen LogP contribution in [0.15, 0.2) is 59.9 Å². The SMILES string of the molecule is CN=C(NCCc1ccc(Cl)nc1)NCc1cccc2cccnc12.I. The normalized spacial score (nSPS) is 11.1. The zero-order chi connectivity index (χ0) is 17.5. The molecule has 0 radical (unpaired) electrons. The van der Waals surface area contributed by atoms with E-state index in [0.29, 0.717) is 11.7 Å². The molecule has 0 fully saturated rings. The van der Waals surface area contributed by atoms with Crippen molar-refractivity contribution in [3.8, 4) is 0 Å². The summed E-state index contributed by atoms with van der Waals surface area (Å²) in [6.07, 6.45) is 4.46. The van der Waals surface area contributed by atoms with Gasteiger partial charge in [0, 0.05) is 37.9 Å². The molecule has 136 valence electrons. The van der Waals surface area contributed by atoms with Crippen molar-refractivity contribution in [3.05, 3.63) is 71.1 Å². The van der Waals surface area contributed by atoms with Gasteiger partial charge in [-0.1, -0.05) is 41.9 Å². The molecule has 2 heterocycles.